The highest BCUT2D eigenvalue weighted by Gasteiger charge is 2.06. The van der Waals surface area contributed by atoms with Gasteiger partial charge in [0, 0.05) is 5.69 Å². The quantitative estimate of drug-likeness (QED) is 0.878. The Bertz CT molecular complexity index is 570. The average molecular weight is 263 g/mol. The van der Waals surface area contributed by atoms with Crippen LogP contribution in [0.2, 0.25) is 0 Å². The van der Waals surface area contributed by atoms with Crippen molar-refractivity contribution in [3.63, 3.8) is 0 Å². The number of nitrogens with zero attached hydrogens (tertiary/aromatic N) is 3. The number of hydrogen-bond donors (Lipinski definition) is 2. The molecule has 1 aromatic heterocycles. The Balaban J connectivity index is 2.27. The molecule has 3 N–H and O–H groups in total. The predicted molar refractivity (Wildman–Crippen MR) is 69.8 cm³/mol. The van der Waals surface area contributed by atoms with E-state index in [4.69, 9.17) is 10.5 Å². The highest BCUT2D eigenvalue weighted by Crippen LogP contribution is 2.18. The van der Waals surface area contributed by atoms with Crippen molar-refractivity contribution < 1.29 is 9.13 Å². The molecule has 2 aromatic rings. The van der Waals surface area contributed by atoms with Gasteiger partial charge in [-0.25, -0.2) is 4.39 Å². The molecule has 0 unspecified atom stereocenters. The number of nitrogen functional groups attached to an aromatic ring is 1. The SMILES string of the molecule is CCOc1nc(N)nc(Nc2cc(C)cc(F)c2)n1. The Labute approximate surface area is 109 Å². The second-order valence-electron chi connectivity index (χ2n) is 3.88. The summed E-state index contributed by atoms with van der Waals surface area (Å²) in [5.41, 5.74) is 6.87. The van der Waals surface area contributed by atoms with Crippen molar-refractivity contribution in [2.75, 3.05) is 17.7 Å². The first-order chi connectivity index (χ1) is 9.06. The van der Waals surface area contributed by atoms with Crippen molar-refractivity contribution in [3.05, 3.63) is 29.6 Å². The third-order valence-corrected chi connectivity index (χ3v) is 2.20. The summed E-state index contributed by atoms with van der Waals surface area (Å²) in [4.78, 5) is 11.8. The fourth-order valence-corrected chi connectivity index (χ4v) is 1.56. The molecule has 0 saturated carbocycles. The molecule has 2 rings (SSSR count). The minimum Gasteiger partial charge on any atom is -0.464 e. The summed E-state index contributed by atoms with van der Waals surface area (Å²) < 4.78 is 18.4. The first-order valence-electron chi connectivity index (χ1n) is 5.75. The lowest BCUT2D eigenvalue weighted by atomic mass is 10.2. The number of hydrogen-bond acceptors (Lipinski definition) is 6. The first kappa shape index (κ1) is 13.0. The van der Waals surface area contributed by atoms with Gasteiger partial charge in [0.25, 0.3) is 0 Å². The third-order valence-electron chi connectivity index (χ3n) is 2.20. The summed E-state index contributed by atoms with van der Waals surface area (Å²) >= 11 is 0. The molecule has 0 radical (unpaired) electrons. The molecule has 0 aliphatic rings. The van der Waals surface area contributed by atoms with E-state index in [1.54, 1.807) is 13.0 Å². The molecule has 19 heavy (non-hydrogen) atoms. The molecule has 0 aliphatic carbocycles. The number of anilines is 3. The molecule has 0 atom stereocenters. The van der Waals surface area contributed by atoms with E-state index in [1.807, 2.05) is 6.92 Å². The van der Waals surface area contributed by atoms with Gasteiger partial charge in [-0.15, -0.1) is 0 Å². The molecule has 0 fully saturated rings. The zero-order valence-corrected chi connectivity index (χ0v) is 10.6. The van der Waals surface area contributed by atoms with Gasteiger partial charge in [-0.05, 0) is 37.6 Å². The lowest BCUT2D eigenvalue weighted by Gasteiger charge is -2.08. The smallest absolute Gasteiger partial charge is 0.323 e. The Morgan fingerprint density at radius 3 is 2.74 bits per heavy atom. The van der Waals surface area contributed by atoms with Crippen LogP contribution in [0.5, 0.6) is 6.01 Å². The monoisotopic (exact) mass is 263 g/mol. The van der Waals surface area contributed by atoms with E-state index < -0.39 is 0 Å². The van der Waals surface area contributed by atoms with Crippen molar-refractivity contribution >= 4 is 17.6 Å². The summed E-state index contributed by atoms with van der Waals surface area (Å²) in [5.74, 6) is -0.0930. The molecular formula is C12H14FN5O. The summed E-state index contributed by atoms with van der Waals surface area (Å²) in [5, 5.41) is 2.86. The van der Waals surface area contributed by atoms with Crippen LogP contribution in [0, 0.1) is 12.7 Å². The van der Waals surface area contributed by atoms with E-state index in [2.05, 4.69) is 20.3 Å². The van der Waals surface area contributed by atoms with Crippen LogP contribution < -0.4 is 15.8 Å². The van der Waals surface area contributed by atoms with E-state index in [1.165, 1.54) is 12.1 Å². The molecule has 0 saturated heterocycles. The summed E-state index contributed by atoms with van der Waals surface area (Å²) in [6, 6.07) is 4.67. The molecule has 6 nitrogen and oxygen atoms in total. The summed E-state index contributed by atoms with van der Waals surface area (Å²) in [6.45, 7) is 4.02. The van der Waals surface area contributed by atoms with Crippen LogP contribution in [-0.4, -0.2) is 21.6 Å². The minimum atomic E-state index is -0.338. The Morgan fingerprint density at radius 1 is 1.26 bits per heavy atom. The largest absolute Gasteiger partial charge is 0.464 e. The zero-order valence-electron chi connectivity index (χ0n) is 10.6. The lowest BCUT2D eigenvalue weighted by Crippen LogP contribution is -2.06. The number of ether oxygens (including phenoxy) is 1. The molecule has 0 amide bonds. The number of nitrogens with two attached hydrogens (primary N) is 1. The summed E-state index contributed by atoms with van der Waals surface area (Å²) in [6.07, 6.45) is 0. The maximum atomic E-state index is 13.3. The van der Waals surface area contributed by atoms with Gasteiger partial charge < -0.3 is 15.8 Å². The molecule has 1 heterocycles. The van der Waals surface area contributed by atoms with Crippen molar-refractivity contribution in [1.82, 2.24) is 15.0 Å². The average Bonchev–Trinajstić information content (AvgIpc) is 2.26. The number of aromatic nitrogens is 3. The number of aryl methyl sites for hydroxylation is 1. The number of benzene rings is 1. The van der Waals surface area contributed by atoms with Crippen molar-refractivity contribution in [3.8, 4) is 6.01 Å². The van der Waals surface area contributed by atoms with E-state index in [0.29, 0.717) is 12.3 Å². The van der Waals surface area contributed by atoms with Crippen LogP contribution in [0.15, 0.2) is 18.2 Å². The van der Waals surface area contributed by atoms with Crippen LogP contribution in [0.25, 0.3) is 0 Å². The van der Waals surface area contributed by atoms with Gasteiger partial charge in [-0.2, -0.15) is 15.0 Å². The standard InChI is InChI=1S/C12H14FN5O/c1-3-19-12-17-10(14)16-11(18-12)15-9-5-7(2)4-8(13)6-9/h4-6H,3H2,1-2H3,(H3,14,15,16,17,18). The predicted octanol–water partition coefficient (Wildman–Crippen LogP) is 2.04. The Hall–Kier alpha value is -2.44. The number of nitrogens with one attached hydrogen (secondary N) is 1. The van der Waals surface area contributed by atoms with Gasteiger partial charge in [-0.1, -0.05) is 0 Å². The maximum absolute atomic E-state index is 13.3. The Kier molecular flexibility index (Phi) is 3.74. The van der Waals surface area contributed by atoms with Gasteiger partial charge in [-0.3, -0.25) is 0 Å². The summed E-state index contributed by atoms with van der Waals surface area (Å²) in [7, 11) is 0. The lowest BCUT2D eigenvalue weighted by molar-refractivity contribution is 0.312. The van der Waals surface area contributed by atoms with Crippen molar-refractivity contribution in [2.45, 2.75) is 13.8 Å². The van der Waals surface area contributed by atoms with Crippen LogP contribution in [0.1, 0.15) is 12.5 Å². The fraction of sp³-hybridized carbons (Fsp3) is 0.250. The molecule has 100 valence electrons. The number of rotatable bonds is 4. The highest BCUT2D eigenvalue weighted by atomic mass is 19.1. The van der Waals surface area contributed by atoms with Gasteiger partial charge in [0.05, 0.1) is 6.61 Å². The Morgan fingerprint density at radius 2 is 2.05 bits per heavy atom. The first-order valence-corrected chi connectivity index (χ1v) is 5.75. The molecule has 7 heteroatoms. The van der Waals surface area contributed by atoms with E-state index in [9.17, 15) is 4.39 Å². The normalized spacial score (nSPS) is 10.3. The maximum Gasteiger partial charge on any atom is 0.323 e. The third kappa shape index (κ3) is 3.51. The fourth-order valence-electron chi connectivity index (χ4n) is 1.56. The number of halogens is 1. The van der Waals surface area contributed by atoms with Crippen molar-refractivity contribution in [2.24, 2.45) is 0 Å². The van der Waals surface area contributed by atoms with Gasteiger partial charge >= 0.3 is 6.01 Å². The second-order valence-corrected chi connectivity index (χ2v) is 3.88. The van der Waals surface area contributed by atoms with E-state index in [0.717, 1.165) is 5.56 Å². The molecular weight excluding hydrogens is 249 g/mol. The van der Waals surface area contributed by atoms with E-state index in [-0.39, 0.29) is 23.7 Å². The van der Waals surface area contributed by atoms with Gasteiger partial charge in [0.15, 0.2) is 0 Å². The molecule has 0 aliphatic heterocycles. The van der Waals surface area contributed by atoms with Gasteiger partial charge in [0.1, 0.15) is 5.82 Å². The molecule has 1 aromatic carbocycles. The highest BCUT2D eigenvalue weighted by molar-refractivity contribution is 5.55. The van der Waals surface area contributed by atoms with Crippen molar-refractivity contribution in [1.29, 1.82) is 0 Å². The van der Waals surface area contributed by atoms with Crippen LogP contribution in [-0.2, 0) is 0 Å². The topological polar surface area (TPSA) is 86.0 Å². The zero-order chi connectivity index (χ0) is 13.8. The van der Waals surface area contributed by atoms with E-state index >= 15 is 0 Å². The van der Waals surface area contributed by atoms with Crippen LogP contribution in [0.3, 0.4) is 0 Å². The van der Waals surface area contributed by atoms with Crippen LogP contribution >= 0.6 is 0 Å². The molecule has 0 spiro atoms. The second kappa shape index (κ2) is 5.47. The van der Waals surface area contributed by atoms with Gasteiger partial charge in [0.2, 0.25) is 11.9 Å². The van der Waals surface area contributed by atoms with Crippen LogP contribution in [0.4, 0.5) is 22.0 Å². The minimum absolute atomic E-state index is 0.0362. The molecule has 0 bridgehead atoms.